The van der Waals surface area contributed by atoms with Crippen LogP contribution in [-0.2, 0) is 4.79 Å². The van der Waals surface area contributed by atoms with Crippen LogP contribution in [0.25, 0.3) is 0 Å². The lowest BCUT2D eigenvalue weighted by atomic mass is 9.89. The smallest absolute Gasteiger partial charge is 0.242 e. The maximum Gasteiger partial charge on any atom is 0.242 e. The van der Waals surface area contributed by atoms with Gasteiger partial charge in [-0.2, -0.15) is 0 Å². The van der Waals surface area contributed by atoms with Crippen LogP contribution in [0.2, 0.25) is 0 Å². The minimum atomic E-state index is -0.369. The van der Waals surface area contributed by atoms with Gasteiger partial charge >= 0.3 is 0 Å². The molecule has 80 valence electrons. The molecule has 2 atom stereocenters. The number of rotatable bonds is 2. The van der Waals surface area contributed by atoms with Crippen molar-refractivity contribution in [2.24, 2.45) is 5.73 Å². The number of β-lactam (4-membered cyclic amide) rings is 1. The highest BCUT2D eigenvalue weighted by atomic mass is 79.9. The molecule has 4 heteroatoms. The number of hydrogen-bond acceptors (Lipinski definition) is 2. The van der Waals surface area contributed by atoms with Crippen molar-refractivity contribution in [2.75, 3.05) is 6.54 Å². The van der Waals surface area contributed by atoms with Crippen LogP contribution in [-0.4, -0.2) is 23.4 Å². The molecule has 1 heterocycles. The maximum atomic E-state index is 11.4. The summed E-state index contributed by atoms with van der Waals surface area (Å²) in [4.78, 5) is 13.2. The Kier molecular flexibility index (Phi) is 2.80. The molecule has 3 nitrogen and oxygen atoms in total. The number of halogens is 1. The molecule has 1 aliphatic heterocycles. The Labute approximate surface area is 97.4 Å². The van der Waals surface area contributed by atoms with Gasteiger partial charge in [0.05, 0.1) is 6.04 Å². The van der Waals surface area contributed by atoms with E-state index in [1.807, 2.05) is 31.2 Å². The van der Waals surface area contributed by atoms with Gasteiger partial charge in [0.15, 0.2) is 0 Å². The second kappa shape index (κ2) is 3.94. The predicted molar refractivity (Wildman–Crippen MR) is 62.2 cm³/mol. The minimum Gasteiger partial charge on any atom is -0.332 e. The number of nitrogens with zero attached hydrogens (tertiary/aromatic N) is 1. The first kappa shape index (κ1) is 10.6. The van der Waals surface area contributed by atoms with Gasteiger partial charge in [-0.25, -0.2) is 0 Å². The Morgan fingerprint density at radius 3 is 2.53 bits per heavy atom. The highest BCUT2D eigenvalue weighted by Gasteiger charge is 2.44. The lowest BCUT2D eigenvalue weighted by molar-refractivity contribution is -0.149. The van der Waals surface area contributed by atoms with Crippen molar-refractivity contribution in [3.05, 3.63) is 34.3 Å². The number of likely N-dealkylation sites (N-methyl/N-ethyl adjacent to an activating group) is 1. The van der Waals surface area contributed by atoms with Crippen molar-refractivity contribution in [1.29, 1.82) is 0 Å². The van der Waals surface area contributed by atoms with Gasteiger partial charge in [-0.1, -0.05) is 28.1 Å². The normalized spacial score (nSPS) is 25.3. The van der Waals surface area contributed by atoms with Crippen LogP contribution >= 0.6 is 15.9 Å². The Morgan fingerprint density at radius 1 is 1.40 bits per heavy atom. The second-order valence-corrected chi connectivity index (χ2v) is 4.56. The van der Waals surface area contributed by atoms with E-state index in [0.29, 0.717) is 6.54 Å². The number of carbonyl (C=O) groups is 1. The molecule has 2 N–H and O–H groups in total. The minimum absolute atomic E-state index is 0.0467. The molecule has 2 unspecified atom stereocenters. The van der Waals surface area contributed by atoms with Gasteiger partial charge in [-0.15, -0.1) is 0 Å². The highest BCUT2D eigenvalue weighted by Crippen LogP contribution is 2.33. The molecule has 0 aliphatic carbocycles. The molecule has 15 heavy (non-hydrogen) atoms. The summed E-state index contributed by atoms with van der Waals surface area (Å²) in [7, 11) is 0. The molecule has 2 rings (SSSR count). The van der Waals surface area contributed by atoms with Crippen molar-refractivity contribution in [1.82, 2.24) is 4.90 Å². The van der Waals surface area contributed by atoms with Gasteiger partial charge < -0.3 is 10.6 Å². The van der Waals surface area contributed by atoms with E-state index in [4.69, 9.17) is 5.73 Å². The number of likely N-dealkylation sites (tertiary alicyclic amines) is 1. The Morgan fingerprint density at radius 2 is 2.00 bits per heavy atom. The first-order valence-electron chi connectivity index (χ1n) is 4.96. The van der Waals surface area contributed by atoms with E-state index in [-0.39, 0.29) is 18.0 Å². The van der Waals surface area contributed by atoms with Gasteiger partial charge in [0.1, 0.15) is 6.04 Å². The number of carbonyl (C=O) groups excluding carboxylic acids is 1. The molecule has 1 amide bonds. The predicted octanol–water partition coefficient (Wildman–Crippen LogP) is 1.68. The fourth-order valence-electron chi connectivity index (χ4n) is 1.98. The molecule has 1 aliphatic rings. The van der Waals surface area contributed by atoms with Crippen LogP contribution in [0.4, 0.5) is 0 Å². The van der Waals surface area contributed by atoms with Gasteiger partial charge in [-0.05, 0) is 24.6 Å². The van der Waals surface area contributed by atoms with E-state index < -0.39 is 0 Å². The zero-order valence-electron chi connectivity index (χ0n) is 8.48. The van der Waals surface area contributed by atoms with Gasteiger partial charge in [0.2, 0.25) is 5.91 Å². The van der Waals surface area contributed by atoms with Gasteiger partial charge in [0, 0.05) is 11.0 Å². The standard InChI is InChI=1S/C11H13BrN2O/c1-2-14-10(9(13)11(14)15)7-3-5-8(12)6-4-7/h3-6,9-10H,2,13H2,1H3. The fourth-order valence-corrected chi connectivity index (χ4v) is 2.24. The Balaban J connectivity index is 2.24. The summed E-state index contributed by atoms with van der Waals surface area (Å²) in [6, 6.07) is 7.63. The molecule has 1 saturated heterocycles. The second-order valence-electron chi connectivity index (χ2n) is 3.65. The number of amides is 1. The molecule has 0 bridgehead atoms. The van der Waals surface area contributed by atoms with E-state index in [2.05, 4.69) is 15.9 Å². The first-order valence-corrected chi connectivity index (χ1v) is 5.76. The average Bonchev–Trinajstić information content (AvgIpc) is 2.26. The van der Waals surface area contributed by atoms with Crippen LogP contribution in [0.15, 0.2) is 28.7 Å². The molecule has 0 aromatic heterocycles. The summed E-state index contributed by atoms with van der Waals surface area (Å²) < 4.78 is 1.04. The summed E-state index contributed by atoms with van der Waals surface area (Å²) in [6.07, 6.45) is 0. The van der Waals surface area contributed by atoms with E-state index in [1.54, 1.807) is 4.90 Å². The maximum absolute atomic E-state index is 11.4. The monoisotopic (exact) mass is 268 g/mol. The molecule has 1 aromatic rings. The third kappa shape index (κ3) is 1.68. The molecule has 0 saturated carbocycles. The summed E-state index contributed by atoms with van der Waals surface area (Å²) in [5.74, 6) is 0.0467. The van der Waals surface area contributed by atoms with Gasteiger partial charge in [-0.3, -0.25) is 4.79 Å². The van der Waals surface area contributed by atoms with Crippen molar-refractivity contribution >= 4 is 21.8 Å². The van der Waals surface area contributed by atoms with Gasteiger partial charge in [0.25, 0.3) is 0 Å². The Hall–Kier alpha value is -0.870. The third-order valence-electron chi connectivity index (χ3n) is 2.80. The number of nitrogens with two attached hydrogens (primary N) is 1. The topological polar surface area (TPSA) is 46.3 Å². The lowest BCUT2D eigenvalue weighted by Crippen LogP contribution is -2.62. The lowest BCUT2D eigenvalue weighted by Gasteiger charge is -2.45. The quantitative estimate of drug-likeness (QED) is 0.830. The van der Waals surface area contributed by atoms with Crippen molar-refractivity contribution in [3.63, 3.8) is 0 Å². The third-order valence-corrected chi connectivity index (χ3v) is 3.33. The van der Waals surface area contributed by atoms with Crippen LogP contribution in [0.5, 0.6) is 0 Å². The average molecular weight is 269 g/mol. The molecule has 1 aromatic carbocycles. The van der Waals surface area contributed by atoms with Crippen LogP contribution in [0.3, 0.4) is 0 Å². The molecular weight excluding hydrogens is 256 g/mol. The zero-order valence-corrected chi connectivity index (χ0v) is 10.1. The summed E-state index contributed by atoms with van der Waals surface area (Å²) in [5, 5.41) is 0. The van der Waals surface area contributed by atoms with E-state index >= 15 is 0 Å². The van der Waals surface area contributed by atoms with E-state index in [1.165, 1.54) is 0 Å². The van der Waals surface area contributed by atoms with Crippen molar-refractivity contribution < 1.29 is 4.79 Å². The molecular formula is C11H13BrN2O. The van der Waals surface area contributed by atoms with Crippen molar-refractivity contribution in [3.8, 4) is 0 Å². The summed E-state index contributed by atoms with van der Waals surface area (Å²) in [5.41, 5.74) is 6.90. The van der Waals surface area contributed by atoms with E-state index in [0.717, 1.165) is 10.0 Å². The summed E-state index contributed by atoms with van der Waals surface area (Å²) >= 11 is 3.38. The number of benzene rings is 1. The van der Waals surface area contributed by atoms with Crippen molar-refractivity contribution in [2.45, 2.75) is 19.0 Å². The molecule has 0 radical (unpaired) electrons. The largest absolute Gasteiger partial charge is 0.332 e. The molecule has 0 spiro atoms. The van der Waals surface area contributed by atoms with Crippen LogP contribution in [0, 0.1) is 0 Å². The van der Waals surface area contributed by atoms with E-state index in [9.17, 15) is 4.79 Å². The van der Waals surface area contributed by atoms with Crippen LogP contribution in [0.1, 0.15) is 18.5 Å². The fraction of sp³-hybridized carbons (Fsp3) is 0.364. The number of hydrogen-bond donors (Lipinski definition) is 1. The SMILES string of the molecule is CCN1C(=O)C(N)C1c1ccc(Br)cc1. The Bertz CT molecular complexity index is 377. The first-order chi connectivity index (χ1) is 7.15. The zero-order chi connectivity index (χ0) is 11.0. The van der Waals surface area contributed by atoms with Crippen LogP contribution < -0.4 is 5.73 Å². The summed E-state index contributed by atoms with van der Waals surface area (Å²) in [6.45, 7) is 2.68. The molecule has 1 fully saturated rings. The highest BCUT2D eigenvalue weighted by molar-refractivity contribution is 9.10.